The standard InChI is InChI=1S/C30H30BrN3O4/c1-19-16-22(17-27-28(35)32-30(37)34(29(27)36)24-6-4-3-5-7-24)20(2)33(19)25-12-14-26(15-13-25)38-18-21-8-10-23(31)11-9-21/h8-17,24H,3-7,18H2,1-2H3,(H,32,35,37). The van der Waals surface area contributed by atoms with Gasteiger partial charge in [0, 0.05) is 27.6 Å². The maximum atomic E-state index is 13.3. The summed E-state index contributed by atoms with van der Waals surface area (Å²) < 4.78 is 9.03. The minimum absolute atomic E-state index is 0.00730. The second kappa shape index (κ2) is 11.0. The summed E-state index contributed by atoms with van der Waals surface area (Å²) in [5, 5.41) is 2.37. The van der Waals surface area contributed by atoms with Gasteiger partial charge in [-0.25, -0.2) is 4.79 Å². The van der Waals surface area contributed by atoms with Gasteiger partial charge in [-0.2, -0.15) is 0 Å². The summed E-state index contributed by atoms with van der Waals surface area (Å²) in [5.74, 6) is -0.398. The summed E-state index contributed by atoms with van der Waals surface area (Å²) in [4.78, 5) is 39.7. The highest BCUT2D eigenvalue weighted by Gasteiger charge is 2.40. The Labute approximate surface area is 230 Å². The molecule has 2 aliphatic rings. The predicted molar refractivity (Wildman–Crippen MR) is 149 cm³/mol. The molecule has 1 aromatic heterocycles. The molecule has 1 aliphatic carbocycles. The summed E-state index contributed by atoms with van der Waals surface area (Å²) in [5.41, 5.74) is 4.62. The van der Waals surface area contributed by atoms with Gasteiger partial charge < -0.3 is 9.30 Å². The average Bonchev–Trinajstić information content (AvgIpc) is 3.19. The molecular weight excluding hydrogens is 546 g/mol. The molecule has 0 atom stereocenters. The Bertz CT molecular complexity index is 1400. The van der Waals surface area contributed by atoms with Gasteiger partial charge in [0.15, 0.2) is 0 Å². The van der Waals surface area contributed by atoms with Gasteiger partial charge in [-0.05, 0) is 86.4 Å². The van der Waals surface area contributed by atoms with Crippen LogP contribution in [0.2, 0.25) is 0 Å². The van der Waals surface area contributed by atoms with E-state index in [2.05, 4.69) is 25.8 Å². The Kier molecular flexibility index (Phi) is 7.51. The quantitative estimate of drug-likeness (QED) is 0.279. The molecule has 7 nitrogen and oxygen atoms in total. The SMILES string of the molecule is Cc1cc(C=C2C(=O)NC(=O)N(C3CCCCC3)C2=O)c(C)n1-c1ccc(OCc2ccc(Br)cc2)cc1. The minimum atomic E-state index is -0.649. The zero-order chi connectivity index (χ0) is 26.8. The van der Waals surface area contributed by atoms with Crippen LogP contribution in [0.3, 0.4) is 0 Å². The summed E-state index contributed by atoms with van der Waals surface area (Å²) in [7, 11) is 0. The van der Waals surface area contributed by atoms with Crippen molar-refractivity contribution < 1.29 is 19.1 Å². The van der Waals surface area contributed by atoms with Crippen LogP contribution in [0.5, 0.6) is 5.75 Å². The van der Waals surface area contributed by atoms with Crippen molar-refractivity contribution in [2.75, 3.05) is 0 Å². The van der Waals surface area contributed by atoms with Gasteiger partial charge in [0.1, 0.15) is 17.9 Å². The normalized spacial score (nSPS) is 17.7. The lowest BCUT2D eigenvalue weighted by molar-refractivity contribution is -0.132. The van der Waals surface area contributed by atoms with Gasteiger partial charge in [0.25, 0.3) is 11.8 Å². The first-order valence-electron chi connectivity index (χ1n) is 12.9. The van der Waals surface area contributed by atoms with E-state index in [1.807, 2.05) is 68.4 Å². The largest absolute Gasteiger partial charge is 0.489 e. The van der Waals surface area contributed by atoms with Crippen molar-refractivity contribution in [3.8, 4) is 11.4 Å². The second-order valence-electron chi connectivity index (χ2n) is 9.86. The minimum Gasteiger partial charge on any atom is -0.489 e. The predicted octanol–water partition coefficient (Wildman–Crippen LogP) is 6.23. The van der Waals surface area contributed by atoms with Gasteiger partial charge >= 0.3 is 6.03 Å². The molecule has 196 valence electrons. The number of nitrogens with zero attached hydrogens (tertiary/aromatic N) is 2. The molecule has 0 radical (unpaired) electrons. The van der Waals surface area contributed by atoms with Crippen LogP contribution in [0.25, 0.3) is 11.8 Å². The molecule has 2 fully saturated rings. The molecule has 0 bridgehead atoms. The number of barbiturate groups is 1. The topological polar surface area (TPSA) is 80.6 Å². The second-order valence-corrected chi connectivity index (χ2v) is 10.8. The van der Waals surface area contributed by atoms with E-state index >= 15 is 0 Å². The van der Waals surface area contributed by atoms with Gasteiger partial charge in [0.2, 0.25) is 0 Å². The molecule has 1 saturated heterocycles. The molecule has 5 rings (SSSR count). The highest BCUT2D eigenvalue weighted by atomic mass is 79.9. The van der Waals surface area contributed by atoms with E-state index in [9.17, 15) is 14.4 Å². The molecular formula is C30H30BrN3O4. The average molecular weight is 576 g/mol. The third kappa shape index (κ3) is 5.31. The number of aryl methyl sites for hydroxylation is 1. The molecule has 1 saturated carbocycles. The van der Waals surface area contributed by atoms with Crippen molar-refractivity contribution >= 4 is 39.9 Å². The van der Waals surface area contributed by atoms with Crippen LogP contribution in [0.4, 0.5) is 4.79 Å². The van der Waals surface area contributed by atoms with Crippen molar-refractivity contribution in [1.29, 1.82) is 0 Å². The Morgan fingerprint density at radius 1 is 0.974 bits per heavy atom. The van der Waals surface area contributed by atoms with E-state index in [-0.39, 0.29) is 11.6 Å². The number of hydrogen-bond donors (Lipinski definition) is 1. The zero-order valence-corrected chi connectivity index (χ0v) is 23.1. The number of rotatable bonds is 6. The number of urea groups is 1. The number of amides is 4. The number of benzene rings is 2. The first kappa shape index (κ1) is 26.0. The van der Waals surface area contributed by atoms with Crippen LogP contribution in [0, 0.1) is 13.8 Å². The van der Waals surface area contributed by atoms with Crippen molar-refractivity contribution in [2.24, 2.45) is 0 Å². The van der Waals surface area contributed by atoms with Gasteiger partial charge in [-0.3, -0.25) is 19.8 Å². The van der Waals surface area contributed by atoms with Crippen molar-refractivity contribution in [3.63, 3.8) is 0 Å². The van der Waals surface area contributed by atoms with Crippen molar-refractivity contribution in [1.82, 2.24) is 14.8 Å². The molecule has 4 amide bonds. The Hall–Kier alpha value is -3.65. The number of imide groups is 2. The van der Waals surface area contributed by atoms with Crippen LogP contribution < -0.4 is 10.1 Å². The van der Waals surface area contributed by atoms with Gasteiger partial charge in [-0.15, -0.1) is 0 Å². The molecule has 1 aliphatic heterocycles. The lowest BCUT2D eigenvalue weighted by atomic mass is 9.93. The fraction of sp³-hybridized carbons (Fsp3) is 0.300. The molecule has 1 N–H and O–H groups in total. The maximum absolute atomic E-state index is 13.3. The number of nitrogens with one attached hydrogen (secondary N) is 1. The maximum Gasteiger partial charge on any atom is 0.331 e. The zero-order valence-electron chi connectivity index (χ0n) is 21.5. The Balaban J connectivity index is 1.36. The Morgan fingerprint density at radius 3 is 2.34 bits per heavy atom. The molecule has 2 heterocycles. The van der Waals surface area contributed by atoms with Crippen LogP contribution >= 0.6 is 15.9 Å². The number of carbonyl (C=O) groups is 3. The lowest BCUT2D eigenvalue weighted by Gasteiger charge is -2.35. The number of hydrogen-bond acceptors (Lipinski definition) is 4. The molecule has 8 heteroatoms. The highest BCUT2D eigenvalue weighted by Crippen LogP contribution is 2.29. The highest BCUT2D eigenvalue weighted by molar-refractivity contribution is 9.10. The van der Waals surface area contributed by atoms with Gasteiger partial charge in [-0.1, -0.05) is 47.3 Å². The fourth-order valence-corrected chi connectivity index (χ4v) is 5.53. The van der Waals surface area contributed by atoms with E-state index in [0.29, 0.717) is 6.61 Å². The van der Waals surface area contributed by atoms with E-state index in [4.69, 9.17) is 4.74 Å². The third-order valence-corrected chi connectivity index (χ3v) is 7.79. The third-order valence-electron chi connectivity index (χ3n) is 7.26. The molecule has 2 aromatic carbocycles. The monoisotopic (exact) mass is 575 g/mol. The van der Waals surface area contributed by atoms with Crippen LogP contribution in [0.15, 0.2) is 64.6 Å². The van der Waals surface area contributed by atoms with Crippen LogP contribution in [0.1, 0.15) is 54.6 Å². The smallest absolute Gasteiger partial charge is 0.331 e. The van der Waals surface area contributed by atoms with Crippen LogP contribution in [-0.2, 0) is 16.2 Å². The summed E-state index contributed by atoms with van der Waals surface area (Å²) in [6, 6.07) is 17.0. The number of aromatic nitrogens is 1. The fourth-order valence-electron chi connectivity index (χ4n) is 5.27. The molecule has 38 heavy (non-hydrogen) atoms. The van der Waals surface area contributed by atoms with Crippen LogP contribution in [-0.4, -0.2) is 33.4 Å². The first-order chi connectivity index (χ1) is 18.3. The number of carbonyl (C=O) groups excluding carboxylic acids is 3. The first-order valence-corrected chi connectivity index (χ1v) is 13.7. The summed E-state index contributed by atoms with van der Waals surface area (Å²) in [6.45, 7) is 4.41. The van der Waals surface area contributed by atoms with E-state index in [1.165, 1.54) is 4.90 Å². The van der Waals surface area contributed by atoms with E-state index < -0.39 is 17.8 Å². The molecule has 0 unspecified atom stereocenters. The van der Waals surface area contributed by atoms with Crippen molar-refractivity contribution in [3.05, 3.63) is 87.2 Å². The summed E-state index contributed by atoms with van der Waals surface area (Å²) >= 11 is 3.44. The summed E-state index contributed by atoms with van der Waals surface area (Å²) in [6.07, 6.45) is 6.21. The van der Waals surface area contributed by atoms with E-state index in [1.54, 1.807) is 6.08 Å². The van der Waals surface area contributed by atoms with Crippen molar-refractivity contribution in [2.45, 2.75) is 58.6 Å². The number of halogens is 1. The van der Waals surface area contributed by atoms with E-state index in [0.717, 1.165) is 70.5 Å². The Morgan fingerprint density at radius 2 is 1.66 bits per heavy atom. The molecule has 0 spiro atoms. The van der Waals surface area contributed by atoms with Gasteiger partial charge in [0.05, 0.1) is 0 Å². The molecule has 3 aromatic rings. The number of ether oxygens (including phenoxy) is 1. The lowest BCUT2D eigenvalue weighted by Crippen LogP contribution is -2.58.